The van der Waals surface area contributed by atoms with Gasteiger partial charge in [-0.1, -0.05) is 60.7 Å². The van der Waals surface area contributed by atoms with Crippen LogP contribution in [0.15, 0.2) is 78.0 Å². The molecule has 108 valence electrons. The van der Waals surface area contributed by atoms with Gasteiger partial charge in [-0.05, 0) is 17.2 Å². The van der Waals surface area contributed by atoms with E-state index in [0.717, 1.165) is 16.8 Å². The fourth-order valence-electron chi connectivity index (χ4n) is 2.08. The van der Waals surface area contributed by atoms with Gasteiger partial charge in [0.1, 0.15) is 0 Å². The lowest BCUT2D eigenvalue weighted by Crippen LogP contribution is -2.16. The Balaban J connectivity index is 1.66. The first-order chi connectivity index (χ1) is 10.8. The molecule has 0 spiro atoms. The fraction of sp³-hybridized carbons (Fsp3) is 0. The van der Waals surface area contributed by atoms with Crippen molar-refractivity contribution in [1.29, 1.82) is 0 Å². The van der Waals surface area contributed by atoms with Gasteiger partial charge in [0, 0.05) is 11.9 Å². The summed E-state index contributed by atoms with van der Waals surface area (Å²) in [5, 5.41) is 3.96. The minimum absolute atomic E-state index is 0.245. The van der Waals surface area contributed by atoms with E-state index in [1.54, 1.807) is 12.4 Å². The Morgan fingerprint density at radius 2 is 1.68 bits per heavy atom. The van der Waals surface area contributed by atoms with Gasteiger partial charge in [0.05, 0.1) is 11.8 Å². The van der Waals surface area contributed by atoms with Crippen molar-refractivity contribution in [3.8, 4) is 11.3 Å². The molecular weight excluding hydrogens is 274 g/mol. The molecule has 0 unspecified atom stereocenters. The first-order valence-electron chi connectivity index (χ1n) is 6.95. The first-order valence-corrected chi connectivity index (χ1v) is 6.95. The van der Waals surface area contributed by atoms with Crippen molar-refractivity contribution in [2.45, 2.75) is 0 Å². The molecule has 1 aromatic heterocycles. The third-order valence-electron chi connectivity index (χ3n) is 3.21. The molecule has 3 aromatic rings. The number of rotatable bonds is 4. The maximum Gasteiger partial charge on any atom is 0.272 e. The summed E-state index contributed by atoms with van der Waals surface area (Å²) in [6, 6.07) is 21.3. The number of hydrogen-bond acceptors (Lipinski definition) is 2. The van der Waals surface area contributed by atoms with Crippen LogP contribution in [-0.2, 0) is 0 Å². The van der Waals surface area contributed by atoms with E-state index in [1.165, 1.54) is 0 Å². The average Bonchev–Trinajstić information content (AvgIpc) is 3.07. The van der Waals surface area contributed by atoms with E-state index in [9.17, 15) is 4.79 Å². The number of carbonyl (C=O) groups excluding carboxylic acids is 1. The molecular formula is C18H15N3O. The van der Waals surface area contributed by atoms with Gasteiger partial charge in [0.15, 0.2) is 0 Å². The van der Waals surface area contributed by atoms with Crippen LogP contribution in [0.25, 0.3) is 11.3 Å². The number of aromatic amines is 1. The number of H-pyrrole nitrogens is 1. The lowest BCUT2D eigenvalue weighted by atomic mass is 10.1. The van der Waals surface area contributed by atoms with Crippen molar-refractivity contribution in [2.24, 2.45) is 5.10 Å². The highest BCUT2D eigenvalue weighted by molar-refractivity contribution is 5.95. The van der Waals surface area contributed by atoms with Crippen LogP contribution in [0.2, 0.25) is 0 Å². The molecule has 0 radical (unpaired) electrons. The molecule has 0 saturated carbocycles. The van der Waals surface area contributed by atoms with Gasteiger partial charge >= 0.3 is 0 Å². The van der Waals surface area contributed by atoms with Crippen LogP contribution in [0.1, 0.15) is 15.9 Å². The second kappa shape index (κ2) is 6.54. The lowest BCUT2D eigenvalue weighted by molar-refractivity contribution is 0.0955. The summed E-state index contributed by atoms with van der Waals surface area (Å²) < 4.78 is 0. The van der Waals surface area contributed by atoms with Gasteiger partial charge in [-0.2, -0.15) is 5.10 Å². The average molecular weight is 289 g/mol. The normalized spacial score (nSPS) is 10.7. The Labute approximate surface area is 128 Å². The topological polar surface area (TPSA) is 57.2 Å². The molecule has 2 N–H and O–H groups in total. The van der Waals surface area contributed by atoms with Crippen LogP contribution in [0.3, 0.4) is 0 Å². The third kappa shape index (κ3) is 3.30. The predicted octanol–water partition coefficient (Wildman–Crippen LogP) is 3.45. The molecule has 1 heterocycles. The molecule has 0 bridgehead atoms. The van der Waals surface area contributed by atoms with Gasteiger partial charge in [0.2, 0.25) is 0 Å². The zero-order chi connectivity index (χ0) is 15.2. The van der Waals surface area contributed by atoms with Crippen LogP contribution >= 0.6 is 0 Å². The van der Waals surface area contributed by atoms with E-state index in [4.69, 9.17) is 0 Å². The van der Waals surface area contributed by atoms with E-state index in [1.807, 2.05) is 66.7 Å². The van der Waals surface area contributed by atoms with Crippen molar-refractivity contribution >= 4 is 12.1 Å². The summed E-state index contributed by atoms with van der Waals surface area (Å²) in [4.78, 5) is 15.1. The monoisotopic (exact) mass is 289 g/mol. The predicted molar refractivity (Wildman–Crippen MR) is 87.7 cm³/mol. The van der Waals surface area contributed by atoms with E-state index >= 15 is 0 Å². The Morgan fingerprint density at radius 3 is 2.41 bits per heavy atom. The molecule has 0 aliphatic heterocycles. The highest BCUT2D eigenvalue weighted by Gasteiger charge is 2.08. The van der Waals surface area contributed by atoms with E-state index in [2.05, 4.69) is 15.5 Å². The summed E-state index contributed by atoms with van der Waals surface area (Å²) >= 11 is 0. The second-order valence-corrected chi connectivity index (χ2v) is 4.78. The number of nitrogens with one attached hydrogen (secondary N) is 2. The maximum absolute atomic E-state index is 12.0. The summed E-state index contributed by atoms with van der Waals surface area (Å²) in [5.74, 6) is -0.245. The summed E-state index contributed by atoms with van der Waals surface area (Å²) in [5.41, 5.74) is 5.94. The van der Waals surface area contributed by atoms with Gasteiger partial charge in [-0.3, -0.25) is 4.79 Å². The van der Waals surface area contributed by atoms with Crippen LogP contribution in [0.5, 0.6) is 0 Å². The lowest BCUT2D eigenvalue weighted by Gasteiger charge is -1.96. The van der Waals surface area contributed by atoms with E-state index < -0.39 is 0 Å². The summed E-state index contributed by atoms with van der Waals surface area (Å²) in [6.07, 6.45) is 3.29. The molecule has 22 heavy (non-hydrogen) atoms. The van der Waals surface area contributed by atoms with Gasteiger partial charge in [-0.25, -0.2) is 5.43 Å². The number of nitrogens with zero attached hydrogens (tertiary/aromatic N) is 1. The van der Waals surface area contributed by atoms with Gasteiger partial charge < -0.3 is 4.98 Å². The Hall–Kier alpha value is -3.14. The van der Waals surface area contributed by atoms with Crippen molar-refractivity contribution < 1.29 is 4.79 Å². The molecule has 0 fully saturated rings. The van der Waals surface area contributed by atoms with Crippen molar-refractivity contribution in [3.05, 3.63) is 84.1 Å². The van der Waals surface area contributed by atoms with Crippen molar-refractivity contribution in [2.75, 3.05) is 0 Å². The number of benzene rings is 2. The standard InChI is InChI=1S/C18H15N3O/c22-18(21-20-12-14-7-3-1-4-8-14)16-11-17(19-13-16)15-9-5-2-6-10-15/h1-13,19H,(H,21,22)/b20-12+. The molecule has 4 nitrogen and oxygen atoms in total. The van der Waals surface area contributed by atoms with Gasteiger partial charge in [-0.15, -0.1) is 0 Å². The minimum Gasteiger partial charge on any atom is -0.360 e. The number of aromatic nitrogens is 1. The molecule has 4 heteroatoms. The molecule has 2 aromatic carbocycles. The molecule has 0 atom stereocenters. The first kappa shape index (κ1) is 13.8. The maximum atomic E-state index is 12.0. The highest BCUT2D eigenvalue weighted by atomic mass is 16.2. The fourth-order valence-corrected chi connectivity index (χ4v) is 2.08. The molecule has 0 aliphatic carbocycles. The zero-order valence-corrected chi connectivity index (χ0v) is 11.9. The zero-order valence-electron chi connectivity index (χ0n) is 11.9. The Morgan fingerprint density at radius 1 is 1.00 bits per heavy atom. The Kier molecular flexibility index (Phi) is 4.11. The van der Waals surface area contributed by atoms with Crippen LogP contribution in [0.4, 0.5) is 0 Å². The highest BCUT2D eigenvalue weighted by Crippen LogP contribution is 2.18. The molecule has 3 rings (SSSR count). The molecule has 1 amide bonds. The van der Waals surface area contributed by atoms with Crippen LogP contribution in [0, 0.1) is 0 Å². The summed E-state index contributed by atoms with van der Waals surface area (Å²) in [6.45, 7) is 0. The Bertz CT molecular complexity index is 776. The smallest absolute Gasteiger partial charge is 0.272 e. The number of carbonyl (C=O) groups is 1. The number of amides is 1. The van der Waals surface area contributed by atoms with Gasteiger partial charge in [0.25, 0.3) is 5.91 Å². The third-order valence-corrected chi connectivity index (χ3v) is 3.21. The van der Waals surface area contributed by atoms with E-state index in [-0.39, 0.29) is 5.91 Å². The summed E-state index contributed by atoms with van der Waals surface area (Å²) in [7, 11) is 0. The van der Waals surface area contributed by atoms with E-state index in [0.29, 0.717) is 5.56 Å². The molecule has 0 saturated heterocycles. The van der Waals surface area contributed by atoms with Crippen LogP contribution in [-0.4, -0.2) is 17.1 Å². The largest absolute Gasteiger partial charge is 0.360 e. The number of hydrogen-bond donors (Lipinski definition) is 2. The second-order valence-electron chi connectivity index (χ2n) is 4.78. The molecule has 0 aliphatic rings. The SMILES string of the molecule is O=C(N/N=C/c1ccccc1)c1c[nH]c(-c2ccccc2)c1. The van der Waals surface area contributed by atoms with Crippen molar-refractivity contribution in [1.82, 2.24) is 10.4 Å². The number of hydrazone groups is 1. The minimum atomic E-state index is -0.245. The van der Waals surface area contributed by atoms with Crippen molar-refractivity contribution in [3.63, 3.8) is 0 Å². The van der Waals surface area contributed by atoms with Crippen LogP contribution < -0.4 is 5.43 Å². The quantitative estimate of drug-likeness (QED) is 0.561.